The van der Waals surface area contributed by atoms with E-state index in [0.29, 0.717) is 105 Å². The summed E-state index contributed by atoms with van der Waals surface area (Å²) in [6, 6.07) is 12.1. The zero-order valence-electron chi connectivity index (χ0n) is 36.8. The van der Waals surface area contributed by atoms with Crippen molar-refractivity contribution in [1.82, 2.24) is 24.2 Å². The van der Waals surface area contributed by atoms with Crippen molar-refractivity contribution in [3.8, 4) is 11.5 Å². The Morgan fingerprint density at radius 1 is 0.627 bits per heavy atom. The number of hydrogen-bond acceptors (Lipinski definition) is 10. The first-order valence-corrected chi connectivity index (χ1v) is 21.7. The van der Waals surface area contributed by atoms with Crippen molar-refractivity contribution in [1.29, 1.82) is 0 Å². The Morgan fingerprint density at radius 3 is 1.42 bits per heavy atom. The molecule has 2 aliphatic carbocycles. The minimum Gasteiger partial charge on any atom is -0.490 e. The molecule has 0 N–H and O–H groups in total. The largest absolute Gasteiger partial charge is 0.490 e. The van der Waals surface area contributed by atoms with Crippen LogP contribution in [0.2, 0.25) is 0 Å². The third-order valence-electron chi connectivity index (χ3n) is 12.0. The Kier molecular flexibility index (Phi) is 15.3. The molecule has 6 aromatic rings. The van der Waals surface area contributed by atoms with Crippen molar-refractivity contribution in [2.24, 2.45) is 11.8 Å². The summed E-state index contributed by atoms with van der Waals surface area (Å²) in [6.07, 6.45) is 7.54. The van der Waals surface area contributed by atoms with Gasteiger partial charge in [-0.15, -0.1) is 0 Å². The van der Waals surface area contributed by atoms with Crippen LogP contribution in [0.25, 0.3) is 21.8 Å². The number of carbonyl (C=O) groups is 2. The van der Waals surface area contributed by atoms with Crippen molar-refractivity contribution in [2.45, 2.75) is 83.6 Å². The van der Waals surface area contributed by atoms with E-state index in [9.17, 15) is 45.5 Å². The maximum atomic E-state index is 14.1. The Labute approximate surface area is 379 Å². The first-order chi connectivity index (χ1) is 32.1. The van der Waals surface area contributed by atoms with Gasteiger partial charge in [0.15, 0.2) is 0 Å². The number of fused-ring (bicyclic) bond motifs is 2. The molecule has 0 spiro atoms. The van der Waals surface area contributed by atoms with Crippen LogP contribution >= 0.6 is 0 Å². The van der Waals surface area contributed by atoms with Gasteiger partial charge in [-0.25, -0.2) is 31.4 Å². The van der Waals surface area contributed by atoms with Gasteiger partial charge in [-0.05, 0) is 94.7 Å². The van der Waals surface area contributed by atoms with Gasteiger partial charge in [0.25, 0.3) is 11.1 Å². The van der Waals surface area contributed by atoms with Crippen molar-refractivity contribution in [2.75, 3.05) is 20.8 Å². The molecule has 354 valence electrons. The van der Waals surface area contributed by atoms with Crippen LogP contribution in [0.5, 0.6) is 11.5 Å². The molecular formula is C48H47F6N5O8. The fraction of sp³-hybridized carbons (Fsp3) is 0.375. The van der Waals surface area contributed by atoms with Gasteiger partial charge in [-0.3, -0.25) is 24.0 Å². The molecular weight excluding hydrogens is 889 g/mol. The minimum atomic E-state index is -1.02. The van der Waals surface area contributed by atoms with Crippen molar-refractivity contribution in [3.63, 3.8) is 0 Å². The predicted molar refractivity (Wildman–Crippen MR) is 232 cm³/mol. The SMILES string of the molecule is CCOC(=O)C1CCC(Oc2ccc3c(c2)c(=O)ncn3Cc2c(F)cc(F)cc2F)CC1.CON(C)C(=O)C1CCC(Oc2ccc3c(c2)c(=O)ncn3Cc2c(F)cc(F)cc2F)CC1. The molecule has 0 saturated heterocycles. The number of benzene rings is 4. The number of nitrogens with zero attached hydrogens (tertiary/aromatic N) is 5. The molecule has 2 aliphatic rings. The maximum absolute atomic E-state index is 14.1. The van der Waals surface area contributed by atoms with Gasteiger partial charge in [0.1, 0.15) is 46.4 Å². The Morgan fingerprint density at radius 2 is 1.03 bits per heavy atom. The number of carbonyl (C=O) groups excluding carboxylic acids is 2. The molecule has 0 radical (unpaired) electrons. The van der Waals surface area contributed by atoms with Crippen molar-refractivity contribution >= 4 is 33.7 Å². The quantitative estimate of drug-likeness (QED) is 0.0670. The predicted octanol–water partition coefficient (Wildman–Crippen LogP) is 8.18. The summed E-state index contributed by atoms with van der Waals surface area (Å²) in [5, 5.41) is 1.70. The van der Waals surface area contributed by atoms with Crippen LogP contribution in [-0.2, 0) is 32.3 Å². The molecule has 19 heteroatoms. The van der Waals surface area contributed by atoms with Gasteiger partial charge in [0.2, 0.25) is 5.91 Å². The number of esters is 1. The van der Waals surface area contributed by atoms with Crippen LogP contribution < -0.4 is 20.6 Å². The number of hydroxylamine groups is 2. The molecule has 13 nitrogen and oxygen atoms in total. The lowest BCUT2D eigenvalue weighted by atomic mass is 9.86. The minimum absolute atomic E-state index is 0.0627. The highest BCUT2D eigenvalue weighted by Crippen LogP contribution is 2.32. The van der Waals surface area contributed by atoms with Crippen LogP contribution in [0.1, 0.15) is 69.4 Å². The second kappa shape index (κ2) is 21.3. The fourth-order valence-corrected chi connectivity index (χ4v) is 8.40. The lowest BCUT2D eigenvalue weighted by Crippen LogP contribution is -2.36. The zero-order chi connectivity index (χ0) is 47.9. The van der Waals surface area contributed by atoms with Crippen molar-refractivity contribution < 1.29 is 55.0 Å². The summed E-state index contributed by atoms with van der Waals surface area (Å²) in [7, 11) is 3.03. The number of aromatic nitrogens is 4. The third-order valence-corrected chi connectivity index (χ3v) is 12.0. The van der Waals surface area contributed by atoms with E-state index in [4.69, 9.17) is 19.0 Å². The van der Waals surface area contributed by atoms with Gasteiger partial charge < -0.3 is 23.3 Å². The van der Waals surface area contributed by atoms with Gasteiger partial charge in [0, 0.05) is 48.4 Å². The highest BCUT2D eigenvalue weighted by atomic mass is 19.2. The van der Waals surface area contributed by atoms with Crippen LogP contribution in [-0.4, -0.2) is 69.0 Å². The highest BCUT2D eigenvalue weighted by Gasteiger charge is 2.30. The van der Waals surface area contributed by atoms with Crippen LogP contribution in [0, 0.1) is 46.7 Å². The smallest absolute Gasteiger partial charge is 0.308 e. The van der Waals surface area contributed by atoms with Gasteiger partial charge >= 0.3 is 5.97 Å². The van der Waals surface area contributed by atoms with E-state index in [1.54, 1.807) is 50.4 Å². The van der Waals surface area contributed by atoms with Crippen molar-refractivity contribution in [3.05, 3.63) is 140 Å². The van der Waals surface area contributed by atoms with E-state index in [1.165, 1.54) is 34.0 Å². The lowest BCUT2D eigenvalue weighted by molar-refractivity contribution is -0.174. The molecule has 67 heavy (non-hydrogen) atoms. The van der Waals surface area contributed by atoms with Crippen LogP contribution in [0.15, 0.2) is 82.9 Å². The lowest BCUT2D eigenvalue weighted by Gasteiger charge is -2.30. The van der Waals surface area contributed by atoms with Crippen LogP contribution in [0.4, 0.5) is 26.3 Å². The van der Waals surface area contributed by atoms with E-state index in [0.717, 1.165) is 0 Å². The molecule has 1 amide bonds. The zero-order valence-corrected chi connectivity index (χ0v) is 36.8. The third kappa shape index (κ3) is 11.4. The van der Waals surface area contributed by atoms with E-state index in [2.05, 4.69) is 9.97 Å². The van der Waals surface area contributed by atoms with E-state index < -0.39 is 46.0 Å². The van der Waals surface area contributed by atoms with Crippen LogP contribution in [0.3, 0.4) is 0 Å². The topological polar surface area (TPSA) is 144 Å². The molecule has 8 rings (SSSR count). The second-order valence-electron chi connectivity index (χ2n) is 16.4. The van der Waals surface area contributed by atoms with E-state index in [1.807, 2.05) is 0 Å². The number of rotatable bonds is 12. The van der Waals surface area contributed by atoms with Gasteiger partial charge in [0.05, 0.1) is 79.4 Å². The molecule has 0 aliphatic heterocycles. The van der Waals surface area contributed by atoms with Gasteiger partial charge in [-0.2, -0.15) is 9.97 Å². The first-order valence-electron chi connectivity index (χ1n) is 21.7. The normalized spacial score (nSPS) is 18.2. The number of hydrogen-bond donors (Lipinski definition) is 0. The molecule has 0 atom stereocenters. The second-order valence-corrected chi connectivity index (χ2v) is 16.4. The summed E-state index contributed by atoms with van der Waals surface area (Å²) in [6.45, 7) is 1.61. The Bertz CT molecular complexity index is 2850. The summed E-state index contributed by atoms with van der Waals surface area (Å²) < 4.78 is 103. The number of ether oxygens (including phenoxy) is 3. The Balaban J connectivity index is 0.000000199. The monoisotopic (exact) mass is 935 g/mol. The van der Waals surface area contributed by atoms with E-state index >= 15 is 0 Å². The maximum Gasteiger partial charge on any atom is 0.308 e. The molecule has 2 saturated carbocycles. The standard InChI is InChI=1S/C24H24F3N3O4.C24H23F3N2O4/c1-29(33-2)24(32)14-3-5-16(6-4-14)34-17-7-8-22-18(11-17)23(31)28-13-30(22)12-19-20(26)9-15(25)10-21(19)27;1-2-32-24(31)14-3-5-16(6-4-14)33-17-7-8-22-18(11-17)23(30)28-13-29(22)12-19-20(26)9-15(25)10-21(19)27/h7-11,13-14,16H,3-6,12H2,1-2H3;7-11,13-14,16H,2-6,12H2,1H3. The average Bonchev–Trinajstić information content (AvgIpc) is 3.30. The first kappa shape index (κ1) is 48.2. The molecule has 4 aromatic carbocycles. The summed E-state index contributed by atoms with van der Waals surface area (Å²) in [5.41, 5.74) is -0.851. The highest BCUT2D eigenvalue weighted by molar-refractivity contribution is 5.81. The number of halogens is 6. The molecule has 0 bridgehead atoms. The molecule has 2 aromatic heterocycles. The molecule has 0 unspecified atom stereocenters. The summed E-state index contributed by atoms with van der Waals surface area (Å²) in [4.78, 5) is 61.4. The van der Waals surface area contributed by atoms with E-state index in [-0.39, 0.29) is 70.9 Å². The summed E-state index contributed by atoms with van der Waals surface area (Å²) >= 11 is 0. The van der Waals surface area contributed by atoms with Gasteiger partial charge in [-0.1, -0.05) is 0 Å². The average molecular weight is 936 g/mol. The molecule has 2 fully saturated rings. The molecule has 2 heterocycles. The summed E-state index contributed by atoms with van der Waals surface area (Å²) in [5.74, 6) is -5.63. The Hall–Kier alpha value is -6.76. The fourth-order valence-electron chi connectivity index (χ4n) is 8.40. The number of amides is 1.